The van der Waals surface area contributed by atoms with Gasteiger partial charge in [-0.1, -0.05) is 79.9 Å². The summed E-state index contributed by atoms with van der Waals surface area (Å²) in [5, 5.41) is 12.4. The van der Waals surface area contributed by atoms with Crippen molar-refractivity contribution >= 4 is 23.6 Å². The van der Waals surface area contributed by atoms with Crippen molar-refractivity contribution in [1.82, 2.24) is 5.32 Å². The molecule has 0 radical (unpaired) electrons. The van der Waals surface area contributed by atoms with Gasteiger partial charge < -0.3 is 10.4 Å². The number of rotatable bonds is 11. The molecule has 1 aliphatic carbocycles. The van der Waals surface area contributed by atoms with E-state index in [4.69, 9.17) is 0 Å². The Kier molecular flexibility index (Phi) is 10.1. The van der Waals surface area contributed by atoms with Crippen LogP contribution in [0.1, 0.15) is 77.1 Å². The molecule has 1 amide bonds. The minimum absolute atomic E-state index is 0.346. The highest BCUT2D eigenvalue weighted by molar-refractivity contribution is 7.98. The third-order valence-electron chi connectivity index (χ3n) is 7.74. The molecule has 2 N–H and O–H groups in total. The summed E-state index contributed by atoms with van der Waals surface area (Å²) in [6.07, 6.45) is 10.8. The molecule has 0 saturated heterocycles. The number of carbonyl (C=O) groups excluding carboxylic acids is 1. The lowest BCUT2D eigenvalue weighted by Crippen LogP contribution is -2.41. The second-order valence-electron chi connectivity index (χ2n) is 10.4. The van der Waals surface area contributed by atoms with Gasteiger partial charge in [0.25, 0.3) is 5.91 Å². The number of aryl methyl sites for hydroxylation is 3. The third-order valence-corrected chi connectivity index (χ3v) is 8.38. The number of carboxylic acids is 1. The highest BCUT2D eigenvalue weighted by atomic mass is 32.2. The Morgan fingerprint density at radius 2 is 1.61 bits per heavy atom. The van der Waals surface area contributed by atoms with Gasteiger partial charge in [0.1, 0.15) is 6.04 Å². The Bertz CT molecular complexity index is 1230. The predicted molar refractivity (Wildman–Crippen MR) is 158 cm³/mol. The molecule has 3 aromatic rings. The van der Waals surface area contributed by atoms with Crippen LogP contribution >= 0.6 is 11.8 Å². The van der Waals surface area contributed by atoms with Crippen LogP contribution in [0.15, 0.2) is 66.7 Å². The van der Waals surface area contributed by atoms with E-state index in [0.717, 1.165) is 41.0 Å². The zero-order valence-electron chi connectivity index (χ0n) is 22.5. The lowest BCUT2D eigenvalue weighted by molar-refractivity contribution is -0.139. The van der Waals surface area contributed by atoms with Crippen molar-refractivity contribution in [2.24, 2.45) is 0 Å². The van der Waals surface area contributed by atoms with Gasteiger partial charge in [-0.25, -0.2) is 4.79 Å². The zero-order chi connectivity index (χ0) is 26.9. The number of carboxylic acid groups (broad SMARTS) is 1. The van der Waals surface area contributed by atoms with E-state index in [1.165, 1.54) is 43.2 Å². The summed E-state index contributed by atoms with van der Waals surface area (Å²) in [6, 6.07) is 22.3. The van der Waals surface area contributed by atoms with Crippen LogP contribution in [-0.4, -0.2) is 35.0 Å². The number of thioether (sulfide) groups is 1. The monoisotopic (exact) mass is 529 g/mol. The van der Waals surface area contributed by atoms with Crippen molar-refractivity contribution in [2.75, 3.05) is 12.0 Å². The molecule has 1 aliphatic rings. The standard InChI is InChI=1S/C33H39NO3S/c1-23-8-6-7-11-28(23)30-22-25(16-19-29(30)32(35)34-31(33(36)37)20-21-38-2)13-12-24-14-17-27(18-15-24)26-9-4-3-5-10-26/h6-8,11,14-19,22,26,31H,3-5,9-10,12-13,20-21H2,1-2H3,(H,34,35)(H,36,37). The van der Waals surface area contributed by atoms with E-state index in [1.54, 1.807) is 11.8 Å². The zero-order valence-corrected chi connectivity index (χ0v) is 23.4. The number of carbonyl (C=O) groups is 2. The maximum absolute atomic E-state index is 13.3. The van der Waals surface area contributed by atoms with Gasteiger partial charge in [-0.05, 0) is 96.4 Å². The predicted octanol–water partition coefficient (Wildman–Crippen LogP) is 7.43. The number of nitrogens with one attached hydrogen (secondary N) is 1. The van der Waals surface area contributed by atoms with Crippen molar-refractivity contribution in [3.63, 3.8) is 0 Å². The minimum atomic E-state index is -1.00. The van der Waals surface area contributed by atoms with Crippen LogP contribution in [0.2, 0.25) is 0 Å². The van der Waals surface area contributed by atoms with Crippen molar-refractivity contribution in [1.29, 1.82) is 0 Å². The first-order chi connectivity index (χ1) is 18.5. The van der Waals surface area contributed by atoms with Crippen molar-refractivity contribution in [3.8, 4) is 11.1 Å². The maximum Gasteiger partial charge on any atom is 0.326 e. The molecular formula is C33H39NO3S. The fraction of sp³-hybridized carbons (Fsp3) is 0.394. The molecule has 0 aromatic heterocycles. The van der Waals surface area contributed by atoms with Crippen molar-refractivity contribution in [2.45, 2.75) is 70.3 Å². The average molecular weight is 530 g/mol. The molecule has 200 valence electrons. The summed E-state index contributed by atoms with van der Waals surface area (Å²) in [6.45, 7) is 2.04. The first-order valence-electron chi connectivity index (χ1n) is 13.8. The smallest absolute Gasteiger partial charge is 0.326 e. The molecule has 4 nitrogen and oxygen atoms in total. The van der Waals surface area contributed by atoms with Gasteiger partial charge in [0.05, 0.1) is 0 Å². The third kappa shape index (κ3) is 7.28. The summed E-state index contributed by atoms with van der Waals surface area (Å²) < 4.78 is 0. The first-order valence-corrected chi connectivity index (χ1v) is 15.2. The van der Waals surface area contributed by atoms with E-state index in [2.05, 4.69) is 35.6 Å². The average Bonchev–Trinajstić information content (AvgIpc) is 2.95. The SMILES string of the molecule is CSCCC(NC(=O)c1ccc(CCc2ccc(C3CCCCC3)cc2)cc1-c1ccccc1C)C(=O)O. The van der Waals surface area contributed by atoms with Crippen LogP contribution < -0.4 is 5.32 Å². The first kappa shape index (κ1) is 28.0. The van der Waals surface area contributed by atoms with Gasteiger partial charge in [0, 0.05) is 5.56 Å². The summed E-state index contributed by atoms with van der Waals surface area (Å²) in [5.41, 5.74) is 7.38. The van der Waals surface area contributed by atoms with Crippen molar-refractivity contribution < 1.29 is 14.7 Å². The van der Waals surface area contributed by atoms with E-state index in [0.29, 0.717) is 17.7 Å². The summed E-state index contributed by atoms with van der Waals surface area (Å²) in [5.74, 6) is 0.0369. The van der Waals surface area contributed by atoms with E-state index < -0.39 is 12.0 Å². The van der Waals surface area contributed by atoms with Crippen LogP contribution in [0.4, 0.5) is 0 Å². The Labute approximate surface area is 231 Å². The Hall–Kier alpha value is -3.05. The quantitative estimate of drug-likeness (QED) is 0.271. The summed E-state index contributed by atoms with van der Waals surface area (Å²) in [7, 11) is 0. The number of hydrogen-bond acceptors (Lipinski definition) is 3. The van der Waals surface area contributed by atoms with Gasteiger partial charge in [-0.2, -0.15) is 11.8 Å². The number of hydrogen-bond donors (Lipinski definition) is 2. The highest BCUT2D eigenvalue weighted by Gasteiger charge is 2.23. The summed E-state index contributed by atoms with van der Waals surface area (Å²) in [4.78, 5) is 25.0. The summed E-state index contributed by atoms with van der Waals surface area (Å²) >= 11 is 1.57. The van der Waals surface area contributed by atoms with E-state index >= 15 is 0 Å². The second-order valence-corrected chi connectivity index (χ2v) is 11.4. The minimum Gasteiger partial charge on any atom is -0.480 e. The Balaban J connectivity index is 1.53. The van der Waals surface area contributed by atoms with Crippen molar-refractivity contribution in [3.05, 3.63) is 94.5 Å². The fourth-order valence-electron chi connectivity index (χ4n) is 5.45. The van der Waals surface area contributed by atoms with Gasteiger partial charge >= 0.3 is 5.97 Å². The van der Waals surface area contributed by atoms with Crippen LogP contribution in [0.5, 0.6) is 0 Å². The maximum atomic E-state index is 13.3. The van der Waals surface area contributed by atoms with E-state index in [-0.39, 0.29) is 5.91 Å². The normalized spacial score (nSPS) is 14.7. The molecule has 0 heterocycles. The molecule has 0 bridgehead atoms. The van der Waals surface area contributed by atoms with Gasteiger partial charge in [0.15, 0.2) is 0 Å². The molecule has 38 heavy (non-hydrogen) atoms. The van der Waals surface area contributed by atoms with Gasteiger partial charge in [-0.3, -0.25) is 4.79 Å². The molecular weight excluding hydrogens is 490 g/mol. The Morgan fingerprint density at radius 3 is 2.29 bits per heavy atom. The number of amides is 1. The molecule has 0 aliphatic heterocycles. The molecule has 0 spiro atoms. The van der Waals surface area contributed by atoms with Crippen LogP contribution in [0.25, 0.3) is 11.1 Å². The molecule has 1 saturated carbocycles. The lowest BCUT2D eigenvalue weighted by atomic mass is 9.84. The van der Waals surface area contributed by atoms with Gasteiger partial charge in [-0.15, -0.1) is 0 Å². The second kappa shape index (κ2) is 13.7. The molecule has 5 heteroatoms. The fourth-order valence-corrected chi connectivity index (χ4v) is 5.92. The number of benzene rings is 3. The molecule has 3 aromatic carbocycles. The van der Waals surface area contributed by atoms with Crippen LogP contribution in [0, 0.1) is 6.92 Å². The number of aliphatic carboxylic acids is 1. The largest absolute Gasteiger partial charge is 0.480 e. The molecule has 1 atom stereocenters. The van der Waals surface area contributed by atoms with E-state index in [9.17, 15) is 14.7 Å². The van der Waals surface area contributed by atoms with Crippen LogP contribution in [0.3, 0.4) is 0 Å². The van der Waals surface area contributed by atoms with Gasteiger partial charge in [0.2, 0.25) is 0 Å². The highest BCUT2D eigenvalue weighted by Crippen LogP contribution is 2.33. The molecule has 1 unspecified atom stereocenters. The Morgan fingerprint density at radius 1 is 0.921 bits per heavy atom. The van der Waals surface area contributed by atoms with E-state index in [1.807, 2.05) is 49.6 Å². The lowest BCUT2D eigenvalue weighted by Gasteiger charge is -2.22. The topological polar surface area (TPSA) is 66.4 Å². The molecule has 4 rings (SSSR count). The molecule has 1 fully saturated rings. The van der Waals surface area contributed by atoms with Crippen LogP contribution in [-0.2, 0) is 17.6 Å².